The summed E-state index contributed by atoms with van der Waals surface area (Å²) in [6, 6.07) is 32.6. The van der Waals surface area contributed by atoms with E-state index in [1.54, 1.807) is 0 Å². The molecule has 0 aliphatic carbocycles. The molecule has 1 heterocycles. The molecular weight excluding hydrogens is 754 g/mol. The summed E-state index contributed by atoms with van der Waals surface area (Å²) in [5.74, 6) is -0.676. The molecule has 274 valence electrons. The number of halogens is 4. The average Bonchev–Trinajstić information content (AvgIpc) is 3.47. The lowest BCUT2D eigenvalue weighted by atomic mass is 9.83. The lowest BCUT2D eigenvalue weighted by Crippen LogP contribution is -2.23. The maximum atomic E-state index is 14.1. The van der Waals surface area contributed by atoms with Crippen molar-refractivity contribution < 1.29 is 9.53 Å². The van der Waals surface area contributed by atoms with Gasteiger partial charge in [0.05, 0.1) is 25.7 Å². The maximum absolute atomic E-state index is 14.1. The number of hydrogen-bond acceptors (Lipinski definition) is 4. The monoisotopic (exact) mass is 792 g/mol. The topological polar surface area (TPSA) is 50.4 Å². The van der Waals surface area contributed by atoms with Crippen LogP contribution >= 0.6 is 46.4 Å². The predicted octanol–water partition coefficient (Wildman–Crippen LogP) is 13.5. The van der Waals surface area contributed by atoms with Gasteiger partial charge in [-0.25, -0.2) is 4.79 Å². The molecule has 1 aliphatic rings. The summed E-state index contributed by atoms with van der Waals surface area (Å²) in [4.78, 5) is 14.1. The number of aryl methyl sites for hydroxylation is 2. The summed E-state index contributed by atoms with van der Waals surface area (Å²) in [6.07, 6.45) is 7.55. The summed E-state index contributed by atoms with van der Waals surface area (Å²) in [5.41, 5.74) is 7.92. The second kappa shape index (κ2) is 16.3. The normalized spacial score (nSPS) is 16.6. The van der Waals surface area contributed by atoms with E-state index in [0.717, 1.165) is 55.9 Å². The number of ether oxygens (including phenoxy) is 1. The Bertz CT molecular complexity index is 2160. The predicted molar refractivity (Wildman–Crippen MR) is 230 cm³/mol. The van der Waals surface area contributed by atoms with Crippen LogP contribution in [0.15, 0.2) is 135 Å². The third-order valence-electron chi connectivity index (χ3n) is 9.45. The zero-order valence-corrected chi connectivity index (χ0v) is 33.5. The Labute approximate surface area is 337 Å². The molecule has 2 N–H and O–H groups in total. The van der Waals surface area contributed by atoms with Gasteiger partial charge in [-0.1, -0.05) is 142 Å². The Balaban J connectivity index is 1.69. The van der Waals surface area contributed by atoms with E-state index in [-0.39, 0.29) is 37.7 Å². The van der Waals surface area contributed by atoms with Crippen molar-refractivity contribution in [1.82, 2.24) is 0 Å². The molecule has 54 heavy (non-hydrogen) atoms. The van der Waals surface area contributed by atoms with Crippen LogP contribution in [0.1, 0.15) is 63.1 Å². The van der Waals surface area contributed by atoms with Crippen molar-refractivity contribution in [2.45, 2.75) is 45.4 Å². The van der Waals surface area contributed by atoms with E-state index in [9.17, 15) is 4.79 Å². The van der Waals surface area contributed by atoms with Crippen LogP contribution in [0.5, 0.6) is 0 Å². The number of benzene rings is 5. The van der Waals surface area contributed by atoms with E-state index in [0.29, 0.717) is 5.56 Å². The molecule has 6 rings (SSSR count). The lowest BCUT2D eigenvalue weighted by molar-refractivity contribution is 0.0300. The van der Waals surface area contributed by atoms with E-state index in [4.69, 9.17) is 51.1 Å². The van der Waals surface area contributed by atoms with Gasteiger partial charge in [0, 0.05) is 29.0 Å². The van der Waals surface area contributed by atoms with E-state index < -0.39 is 11.6 Å². The molecule has 2 atom stereocenters. The molecule has 8 heteroatoms. The van der Waals surface area contributed by atoms with Crippen molar-refractivity contribution in [3.63, 3.8) is 0 Å². The minimum absolute atomic E-state index is 0.0195. The summed E-state index contributed by atoms with van der Waals surface area (Å²) in [7, 11) is 0. The molecule has 5 aromatic rings. The van der Waals surface area contributed by atoms with Crippen molar-refractivity contribution in [2.24, 2.45) is 0 Å². The first kappa shape index (κ1) is 39.0. The van der Waals surface area contributed by atoms with Crippen molar-refractivity contribution >= 4 is 74.9 Å². The molecule has 1 aliphatic heterocycles. The summed E-state index contributed by atoms with van der Waals surface area (Å²) < 4.78 is 6.54. The van der Waals surface area contributed by atoms with Crippen LogP contribution in [-0.4, -0.2) is 18.1 Å². The molecule has 2 unspecified atom stereocenters. The number of nitrogens with one attached hydrogen (secondary N) is 2. The molecule has 0 aromatic heterocycles. The Kier molecular flexibility index (Phi) is 11.8. The fourth-order valence-corrected chi connectivity index (χ4v) is 7.47. The zero-order chi connectivity index (χ0) is 38.7. The summed E-state index contributed by atoms with van der Waals surface area (Å²) in [6.45, 7) is 15.9. The van der Waals surface area contributed by atoms with Gasteiger partial charge in [-0.15, -0.1) is 13.2 Å². The quantitative estimate of drug-likeness (QED) is 0.0572. The van der Waals surface area contributed by atoms with Gasteiger partial charge in [-0.05, 0) is 97.5 Å². The second-order valence-corrected chi connectivity index (χ2v) is 15.0. The highest BCUT2D eigenvalue weighted by molar-refractivity contribution is 6.53. The van der Waals surface area contributed by atoms with Crippen LogP contribution in [-0.2, 0) is 10.3 Å². The van der Waals surface area contributed by atoms with Crippen LogP contribution in [0.3, 0.4) is 0 Å². The number of fused-ring (bicyclic) bond motifs is 1. The maximum Gasteiger partial charge on any atom is 0.341 e. The minimum Gasteiger partial charge on any atom is -0.442 e. The molecule has 0 bridgehead atoms. The lowest BCUT2D eigenvalue weighted by Gasteiger charge is -2.27. The molecular formula is C46H40Cl4N2O2. The first-order valence-electron chi connectivity index (χ1n) is 17.5. The zero-order valence-electron chi connectivity index (χ0n) is 30.4. The van der Waals surface area contributed by atoms with Gasteiger partial charge in [0.15, 0.2) is 5.60 Å². The Hall–Kier alpha value is -4.71. The molecule has 0 radical (unpaired) electrons. The highest BCUT2D eigenvalue weighted by atomic mass is 35.5. The van der Waals surface area contributed by atoms with Crippen LogP contribution in [0.4, 0.5) is 11.4 Å². The van der Waals surface area contributed by atoms with Crippen molar-refractivity contribution in [2.75, 3.05) is 10.6 Å². The Morgan fingerprint density at radius 3 is 1.31 bits per heavy atom. The van der Waals surface area contributed by atoms with Crippen LogP contribution in [0.25, 0.3) is 11.1 Å². The smallest absolute Gasteiger partial charge is 0.341 e. The first-order valence-corrected chi connectivity index (χ1v) is 19.0. The van der Waals surface area contributed by atoms with E-state index in [1.165, 1.54) is 0 Å². The highest BCUT2D eigenvalue weighted by Gasteiger charge is 2.48. The molecule has 5 aromatic carbocycles. The molecule has 0 fully saturated rings. The summed E-state index contributed by atoms with van der Waals surface area (Å²) >= 11 is 27.3. The van der Waals surface area contributed by atoms with Gasteiger partial charge in [-0.3, -0.25) is 0 Å². The highest BCUT2D eigenvalue weighted by Crippen LogP contribution is 2.53. The fraction of sp³-hybridized carbons (Fsp3) is 0.152. The van der Waals surface area contributed by atoms with Gasteiger partial charge in [0.2, 0.25) is 0 Å². The molecule has 0 saturated carbocycles. The van der Waals surface area contributed by atoms with Gasteiger partial charge < -0.3 is 15.4 Å². The number of hydrogen-bond donors (Lipinski definition) is 2. The molecule has 4 nitrogen and oxygen atoms in total. The standard InChI is InChI=1S/C46H40Cl4N2O2/c1-7-29(5)51-35-21-17-33(18-22-35)37(31-13-9-27(3)10-14-31)25-46(40-39(45(53)54-46)41(47)43(49)44(50)42(40)48)26-38(32-15-11-28(4)12-16-32)34-19-23-36(24-20-34)52-30(6)8-2/h7-26,29-30,51-52H,1-2H2,3-6H3/b37-25+,38-26+. The largest absolute Gasteiger partial charge is 0.442 e. The van der Waals surface area contributed by atoms with Gasteiger partial charge in [0.1, 0.15) is 0 Å². The molecule has 0 spiro atoms. The second-order valence-electron chi connectivity index (χ2n) is 13.5. The third-order valence-corrected chi connectivity index (χ3v) is 11.3. The Morgan fingerprint density at radius 1 is 0.593 bits per heavy atom. The number of cyclic esters (lactones) is 1. The van der Waals surface area contributed by atoms with Crippen molar-refractivity contribution in [1.29, 1.82) is 0 Å². The molecule has 0 saturated heterocycles. The van der Waals surface area contributed by atoms with Crippen molar-refractivity contribution in [3.8, 4) is 0 Å². The Morgan fingerprint density at radius 2 is 0.944 bits per heavy atom. The average molecular weight is 795 g/mol. The SMILES string of the molecule is C=CC(C)Nc1ccc(/C(=C/C2(/C=C(\c3ccc(C)cc3)c3ccc(NC(C)C=C)cc3)OC(=O)c3c(Cl)c(Cl)c(Cl)c(Cl)c32)c2ccc(C)cc2)cc1. The van der Waals surface area contributed by atoms with E-state index >= 15 is 0 Å². The van der Waals surface area contributed by atoms with Gasteiger partial charge >= 0.3 is 5.97 Å². The number of rotatable bonds is 12. The molecule has 0 amide bonds. The van der Waals surface area contributed by atoms with Crippen LogP contribution < -0.4 is 10.6 Å². The number of esters is 1. The summed E-state index contributed by atoms with van der Waals surface area (Å²) in [5, 5.41) is 6.91. The van der Waals surface area contributed by atoms with Crippen LogP contribution in [0, 0.1) is 13.8 Å². The van der Waals surface area contributed by atoms with Gasteiger partial charge in [-0.2, -0.15) is 0 Å². The third kappa shape index (κ3) is 8.04. The number of carbonyl (C=O) groups is 1. The van der Waals surface area contributed by atoms with E-state index in [1.807, 2.05) is 149 Å². The van der Waals surface area contributed by atoms with Gasteiger partial charge in [0.25, 0.3) is 0 Å². The minimum atomic E-state index is -1.61. The number of anilines is 2. The first-order chi connectivity index (χ1) is 25.8. The number of carbonyl (C=O) groups excluding carboxylic acids is 1. The fourth-order valence-electron chi connectivity index (χ4n) is 6.39. The van der Waals surface area contributed by atoms with Crippen molar-refractivity contribution in [3.05, 3.63) is 199 Å². The van der Waals surface area contributed by atoms with E-state index in [2.05, 4.69) is 23.8 Å². The van der Waals surface area contributed by atoms with Crippen LogP contribution in [0.2, 0.25) is 20.1 Å².